The van der Waals surface area contributed by atoms with Gasteiger partial charge in [0.15, 0.2) is 11.6 Å². The van der Waals surface area contributed by atoms with Gasteiger partial charge in [0, 0.05) is 17.1 Å². The minimum Gasteiger partial charge on any atom is -0.487 e. The lowest BCUT2D eigenvalue weighted by molar-refractivity contribution is -0.111. The molecule has 7 nitrogen and oxygen atoms in total. The summed E-state index contributed by atoms with van der Waals surface area (Å²) in [5, 5.41) is 8.54. The summed E-state index contributed by atoms with van der Waals surface area (Å²) in [7, 11) is 0. The third-order valence-corrected chi connectivity index (χ3v) is 3.69. The standard InChI is InChI=1S/C21H19FN5O2/c1-3-19(28)24-15-6-5-7-16(12-15)25-20-18(22)13-23-21(27-20)26-14-8-10-17(11-9-14)29-4-2/h3-13H,1H2,2H3,(H,24,28)(H2,23,25,26,27). The molecule has 0 unspecified atom stereocenters. The Morgan fingerprint density at radius 3 is 2.59 bits per heavy atom. The van der Waals surface area contributed by atoms with E-state index in [1.807, 2.05) is 0 Å². The van der Waals surface area contributed by atoms with Gasteiger partial charge < -0.3 is 20.7 Å². The van der Waals surface area contributed by atoms with Gasteiger partial charge in [-0.15, -0.1) is 0 Å². The number of hydrogen-bond acceptors (Lipinski definition) is 6. The van der Waals surface area contributed by atoms with Gasteiger partial charge in [-0.1, -0.05) is 12.6 Å². The summed E-state index contributed by atoms with van der Waals surface area (Å²) in [4.78, 5) is 19.6. The Balaban J connectivity index is 1.74. The molecule has 29 heavy (non-hydrogen) atoms. The smallest absolute Gasteiger partial charge is 0.247 e. The predicted molar refractivity (Wildman–Crippen MR) is 111 cm³/mol. The number of amides is 1. The van der Waals surface area contributed by atoms with Gasteiger partial charge in [0.05, 0.1) is 6.20 Å². The molecule has 8 heteroatoms. The molecule has 3 N–H and O–H groups in total. The van der Waals surface area contributed by atoms with E-state index in [-0.39, 0.29) is 17.7 Å². The molecule has 1 amide bonds. The molecule has 1 radical (unpaired) electrons. The first-order valence-electron chi connectivity index (χ1n) is 8.72. The number of ether oxygens (including phenoxy) is 1. The van der Waals surface area contributed by atoms with Crippen molar-refractivity contribution in [1.29, 1.82) is 0 Å². The number of anilines is 5. The monoisotopic (exact) mass is 392 g/mol. The predicted octanol–water partition coefficient (Wildman–Crippen LogP) is 4.79. The second kappa shape index (κ2) is 9.32. The highest BCUT2D eigenvalue weighted by atomic mass is 19.1. The maximum atomic E-state index is 14.2. The average Bonchev–Trinajstić information content (AvgIpc) is 2.72. The van der Waals surface area contributed by atoms with Crippen LogP contribution >= 0.6 is 0 Å². The highest BCUT2D eigenvalue weighted by Crippen LogP contribution is 2.23. The molecule has 0 atom stereocenters. The van der Waals surface area contributed by atoms with Crippen molar-refractivity contribution in [3.05, 3.63) is 79.8 Å². The van der Waals surface area contributed by atoms with Crippen molar-refractivity contribution in [3.63, 3.8) is 0 Å². The van der Waals surface area contributed by atoms with E-state index in [4.69, 9.17) is 4.74 Å². The maximum absolute atomic E-state index is 14.2. The molecule has 0 bridgehead atoms. The van der Waals surface area contributed by atoms with Crippen molar-refractivity contribution < 1.29 is 13.9 Å². The number of hydrogen-bond donors (Lipinski definition) is 3. The molecule has 147 valence electrons. The molecule has 0 spiro atoms. The fourth-order valence-electron chi connectivity index (χ4n) is 2.40. The van der Waals surface area contributed by atoms with Crippen LogP contribution in [0.4, 0.5) is 33.2 Å². The molecule has 1 aromatic heterocycles. The van der Waals surface area contributed by atoms with Crippen molar-refractivity contribution >= 4 is 34.7 Å². The Morgan fingerprint density at radius 2 is 1.86 bits per heavy atom. The molecular formula is C21H19FN5O2. The molecule has 0 aliphatic carbocycles. The quantitative estimate of drug-likeness (QED) is 0.478. The van der Waals surface area contributed by atoms with E-state index in [1.54, 1.807) is 62.1 Å². The molecule has 3 aromatic rings. The molecule has 1 heterocycles. The van der Waals surface area contributed by atoms with E-state index >= 15 is 0 Å². The van der Waals surface area contributed by atoms with Gasteiger partial charge in [-0.05, 0) is 55.5 Å². The van der Waals surface area contributed by atoms with Crippen LogP contribution in [0.25, 0.3) is 0 Å². The van der Waals surface area contributed by atoms with Crippen LogP contribution in [0.2, 0.25) is 0 Å². The molecule has 0 saturated carbocycles. The van der Waals surface area contributed by atoms with E-state index in [9.17, 15) is 9.18 Å². The summed E-state index contributed by atoms with van der Waals surface area (Å²) in [5.74, 6) is -0.0340. The Morgan fingerprint density at radius 1 is 1.10 bits per heavy atom. The van der Waals surface area contributed by atoms with Gasteiger partial charge in [-0.25, -0.2) is 9.37 Å². The van der Waals surface area contributed by atoms with Gasteiger partial charge in [0.25, 0.3) is 0 Å². The van der Waals surface area contributed by atoms with Crippen LogP contribution in [0, 0.1) is 12.4 Å². The van der Waals surface area contributed by atoms with Crippen LogP contribution in [-0.2, 0) is 4.79 Å². The van der Waals surface area contributed by atoms with Crippen LogP contribution in [0.3, 0.4) is 0 Å². The SMILES string of the molecule is C=CC(=O)Nc1cccc(Nc2nc(Nc3ccc(O[CH]C)cc3)ncc2F)c1. The van der Waals surface area contributed by atoms with Crippen LogP contribution < -0.4 is 20.7 Å². The van der Waals surface area contributed by atoms with E-state index in [2.05, 4.69) is 32.5 Å². The molecule has 2 aromatic carbocycles. The number of carbonyl (C=O) groups is 1. The Hall–Kier alpha value is -3.94. The minimum absolute atomic E-state index is 0.00441. The zero-order valence-electron chi connectivity index (χ0n) is 15.6. The van der Waals surface area contributed by atoms with Crippen molar-refractivity contribution in [2.45, 2.75) is 6.92 Å². The Kier molecular flexibility index (Phi) is 6.36. The molecule has 3 rings (SSSR count). The lowest BCUT2D eigenvalue weighted by Crippen LogP contribution is -2.07. The first-order valence-corrected chi connectivity index (χ1v) is 8.72. The number of nitrogens with zero attached hydrogens (tertiary/aromatic N) is 2. The molecule has 0 aliphatic heterocycles. The van der Waals surface area contributed by atoms with Gasteiger partial charge in [-0.3, -0.25) is 4.79 Å². The second-order valence-electron chi connectivity index (χ2n) is 5.79. The third kappa shape index (κ3) is 5.52. The van der Waals surface area contributed by atoms with Crippen molar-refractivity contribution in [2.24, 2.45) is 0 Å². The highest BCUT2D eigenvalue weighted by molar-refractivity contribution is 5.99. The number of aromatic nitrogens is 2. The van der Waals surface area contributed by atoms with Crippen LogP contribution in [-0.4, -0.2) is 15.9 Å². The van der Waals surface area contributed by atoms with E-state index in [0.29, 0.717) is 17.1 Å². The average molecular weight is 392 g/mol. The van der Waals surface area contributed by atoms with E-state index in [0.717, 1.165) is 11.9 Å². The second-order valence-corrected chi connectivity index (χ2v) is 5.79. The van der Waals surface area contributed by atoms with Crippen molar-refractivity contribution in [2.75, 3.05) is 16.0 Å². The molecule has 0 saturated heterocycles. The number of halogens is 1. The van der Waals surface area contributed by atoms with E-state index in [1.165, 1.54) is 6.08 Å². The zero-order chi connectivity index (χ0) is 20.6. The van der Waals surface area contributed by atoms with Gasteiger partial charge in [-0.2, -0.15) is 4.98 Å². The maximum Gasteiger partial charge on any atom is 0.247 e. The normalized spacial score (nSPS) is 10.1. The Bertz CT molecular complexity index is 1010. The number of rotatable bonds is 8. The van der Waals surface area contributed by atoms with E-state index < -0.39 is 5.82 Å². The fourth-order valence-corrected chi connectivity index (χ4v) is 2.40. The van der Waals surface area contributed by atoms with Gasteiger partial charge in [0.2, 0.25) is 11.9 Å². The summed E-state index contributed by atoms with van der Waals surface area (Å²) in [6.07, 6.45) is 2.24. The number of nitrogens with one attached hydrogen (secondary N) is 3. The lowest BCUT2D eigenvalue weighted by atomic mass is 10.2. The van der Waals surface area contributed by atoms with Crippen molar-refractivity contribution in [1.82, 2.24) is 9.97 Å². The molecule has 0 aliphatic rings. The lowest BCUT2D eigenvalue weighted by Gasteiger charge is -2.11. The summed E-state index contributed by atoms with van der Waals surface area (Å²) >= 11 is 0. The Labute approximate surface area is 167 Å². The zero-order valence-corrected chi connectivity index (χ0v) is 15.6. The summed E-state index contributed by atoms with van der Waals surface area (Å²) in [6, 6.07) is 14.0. The number of carbonyl (C=O) groups excluding carboxylic acids is 1. The first-order chi connectivity index (χ1) is 14.1. The first kappa shape index (κ1) is 19.8. The molecular weight excluding hydrogens is 373 g/mol. The minimum atomic E-state index is -0.613. The van der Waals surface area contributed by atoms with Crippen LogP contribution in [0.15, 0.2) is 67.4 Å². The van der Waals surface area contributed by atoms with Crippen LogP contribution in [0.1, 0.15) is 6.92 Å². The number of benzene rings is 2. The van der Waals surface area contributed by atoms with Crippen molar-refractivity contribution in [3.8, 4) is 5.75 Å². The highest BCUT2D eigenvalue weighted by Gasteiger charge is 2.09. The van der Waals surface area contributed by atoms with Gasteiger partial charge >= 0.3 is 0 Å². The summed E-state index contributed by atoms with van der Waals surface area (Å²) < 4.78 is 19.5. The fraction of sp³-hybridized carbons (Fsp3) is 0.0476. The summed E-state index contributed by atoms with van der Waals surface area (Å²) in [6.45, 7) is 6.78. The van der Waals surface area contributed by atoms with Gasteiger partial charge in [0.1, 0.15) is 12.4 Å². The van der Waals surface area contributed by atoms with Crippen LogP contribution in [0.5, 0.6) is 5.75 Å². The largest absolute Gasteiger partial charge is 0.487 e. The molecule has 0 fully saturated rings. The third-order valence-electron chi connectivity index (χ3n) is 3.69. The topological polar surface area (TPSA) is 88.2 Å². The summed E-state index contributed by atoms with van der Waals surface area (Å²) in [5.41, 5.74) is 1.81.